The lowest BCUT2D eigenvalue weighted by atomic mass is 10.0. The summed E-state index contributed by atoms with van der Waals surface area (Å²) in [4.78, 5) is 54.8. The number of nitrogens with two attached hydrogens (primary N) is 1. The lowest BCUT2D eigenvalue weighted by Crippen LogP contribution is -2.41. The zero-order valence-corrected chi connectivity index (χ0v) is 20.8. The maximum absolute atomic E-state index is 11.9. The van der Waals surface area contributed by atoms with Gasteiger partial charge >= 0.3 is 11.9 Å². The largest absolute Gasteiger partial charge is 0.377 e. The molecule has 0 saturated carbocycles. The third-order valence-electron chi connectivity index (χ3n) is 5.54. The van der Waals surface area contributed by atoms with Crippen LogP contribution in [0.1, 0.15) is 129 Å². The predicted octanol–water partition coefficient (Wildman–Crippen LogP) is 5.02. The van der Waals surface area contributed by atoms with E-state index in [2.05, 4.69) is 22.0 Å². The highest BCUT2D eigenvalue weighted by Crippen LogP contribution is 2.14. The molecule has 0 aromatic carbocycles. The maximum Gasteiger partial charge on any atom is 0.377 e. The van der Waals surface area contributed by atoms with Gasteiger partial charge < -0.3 is 11.1 Å². The van der Waals surface area contributed by atoms with Crippen molar-refractivity contribution in [3.8, 4) is 0 Å². The normalized spacial score (nSPS) is 11.6. The van der Waals surface area contributed by atoms with Crippen molar-refractivity contribution in [3.63, 3.8) is 0 Å². The van der Waals surface area contributed by atoms with Crippen molar-refractivity contribution in [1.82, 2.24) is 5.32 Å². The molecule has 0 fully saturated rings. The van der Waals surface area contributed by atoms with Crippen LogP contribution in [0, 0.1) is 0 Å². The van der Waals surface area contributed by atoms with E-state index >= 15 is 0 Å². The maximum atomic E-state index is 11.9. The van der Waals surface area contributed by atoms with Gasteiger partial charge in [-0.05, 0) is 12.8 Å². The third-order valence-corrected chi connectivity index (χ3v) is 5.54. The Morgan fingerprint density at radius 1 is 0.697 bits per heavy atom. The molecule has 33 heavy (non-hydrogen) atoms. The molecule has 0 spiro atoms. The molecule has 0 aliphatic heterocycles. The van der Waals surface area contributed by atoms with Crippen molar-refractivity contribution < 1.29 is 29.0 Å². The minimum absolute atomic E-state index is 0.0235. The topological polar surface area (TPSA) is 125 Å². The molecule has 8 heteroatoms. The Morgan fingerprint density at radius 3 is 1.58 bits per heavy atom. The predicted molar refractivity (Wildman–Crippen MR) is 128 cm³/mol. The Kier molecular flexibility index (Phi) is 20.3. The van der Waals surface area contributed by atoms with Crippen molar-refractivity contribution in [1.29, 1.82) is 0 Å². The van der Waals surface area contributed by atoms with Crippen LogP contribution in [0.15, 0.2) is 0 Å². The molecule has 0 bridgehead atoms. The van der Waals surface area contributed by atoms with Gasteiger partial charge in [0.1, 0.15) is 6.04 Å². The molecular formula is C25H46N2O6. The van der Waals surface area contributed by atoms with Gasteiger partial charge in [0.05, 0.1) is 6.42 Å². The Morgan fingerprint density at radius 2 is 1.15 bits per heavy atom. The van der Waals surface area contributed by atoms with Crippen molar-refractivity contribution in [3.05, 3.63) is 0 Å². The van der Waals surface area contributed by atoms with Crippen LogP contribution in [-0.4, -0.2) is 29.8 Å². The number of primary amides is 1. The highest BCUT2D eigenvalue weighted by atomic mass is 17.2. The molecule has 0 heterocycles. The second-order valence-electron chi connectivity index (χ2n) is 8.82. The first-order valence-electron chi connectivity index (χ1n) is 12.8. The monoisotopic (exact) mass is 470 g/mol. The molecule has 1 atom stereocenters. The van der Waals surface area contributed by atoms with Gasteiger partial charge in [0.25, 0.3) is 0 Å². The number of hydrogen-bond donors (Lipinski definition) is 2. The molecule has 0 aromatic rings. The number of nitrogens with one attached hydrogen (secondary N) is 1. The van der Waals surface area contributed by atoms with Gasteiger partial charge in [-0.1, -0.05) is 96.8 Å². The lowest BCUT2D eigenvalue weighted by molar-refractivity contribution is -0.260. The van der Waals surface area contributed by atoms with Gasteiger partial charge in [-0.3, -0.25) is 9.59 Å². The number of hydrogen-bond acceptors (Lipinski definition) is 6. The van der Waals surface area contributed by atoms with Crippen molar-refractivity contribution in [2.24, 2.45) is 5.73 Å². The molecule has 0 saturated heterocycles. The summed E-state index contributed by atoms with van der Waals surface area (Å²) >= 11 is 0. The minimum atomic E-state index is -1.09. The molecule has 0 radical (unpaired) electrons. The van der Waals surface area contributed by atoms with Crippen LogP contribution in [0.25, 0.3) is 0 Å². The van der Waals surface area contributed by atoms with E-state index in [1.165, 1.54) is 84.0 Å². The van der Waals surface area contributed by atoms with Crippen LogP contribution in [0.5, 0.6) is 0 Å². The second-order valence-corrected chi connectivity index (χ2v) is 8.82. The van der Waals surface area contributed by atoms with Gasteiger partial charge in [-0.2, -0.15) is 0 Å². The van der Waals surface area contributed by atoms with Gasteiger partial charge in [0.15, 0.2) is 0 Å². The summed E-state index contributed by atoms with van der Waals surface area (Å²) in [7, 11) is 0. The van der Waals surface area contributed by atoms with E-state index in [-0.39, 0.29) is 19.3 Å². The summed E-state index contributed by atoms with van der Waals surface area (Å²) in [5, 5.41) is 2.35. The average Bonchev–Trinajstić information content (AvgIpc) is 2.77. The first-order valence-corrected chi connectivity index (χ1v) is 12.8. The number of rotatable bonds is 21. The van der Waals surface area contributed by atoms with Crippen LogP contribution >= 0.6 is 0 Å². The number of carbonyl (C=O) groups excluding carboxylic acids is 4. The first-order chi connectivity index (χ1) is 15.9. The van der Waals surface area contributed by atoms with Crippen LogP contribution in [0.4, 0.5) is 0 Å². The molecule has 0 rings (SSSR count). The average molecular weight is 471 g/mol. The van der Waals surface area contributed by atoms with Gasteiger partial charge in [-0.25, -0.2) is 19.4 Å². The fraction of sp³-hybridized carbons (Fsp3) is 0.840. The highest BCUT2D eigenvalue weighted by Gasteiger charge is 2.24. The fourth-order valence-electron chi connectivity index (χ4n) is 3.61. The number of carbonyl (C=O) groups is 4. The summed E-state index contributed by atoms with van der Waals surface area (Å²) in [6, 6.07) is -1.09. The molecule has 0 aliphatic rings. The smallest absolute Gasteiger partial charge is 0.370 e. The Labute approximate surface area is 199 Å². The minimum Gasteiger partial charge on any atom is -0.370 e. The SMILES string of the molecule is CCCCCCCCCCCCCCCCCC(=O)OOC(=O)C(CCC(N)=O)NC(C)=O. The van der Waals surface area contributed by atoms with Crippen LogP contribution < -0.4 is 11.1 Å². The van der Waals surface area contributed by atoms with Gasteiger partial charge in [0, 0.05) is 13.3 Å². The molecule has 192 valence electrons. The molecule has 2 amide bonds. The van der Waals surface area contributed by atoms with E-state index in [1.54, 1.807) is 0 Å². The Balaban J connectivity index is 3.63. The van der Waals surface area contributed by atoms with Crippen LogP contribution in [0.2, 0.25) is 0 Å². The molecule has 8 nitrogen and oxygen atoms in total. The van der Waals surface area contributed by atoms with Crippen LogP contribution in [0.3, 0.4) is 0 Å². The molecule has 0 aromatic heterocycles. The van der Waals surface area contributed by atoms with Crippen molar-refractivity contribution in [2.45, 2.75) is 135 Å². The summed E-state index contributed by atoms with van der Waals surface area (Å²) in [6.07, 6.45) is 18.6. The second kappa shape index (κ2) is 21.7. The standard InChI is InChI=1S/C25H46N2O6/c1-3-4-5-6-7-8-9-10-11-12-13-14-15-16-17-18-24(30)32-33-25(31)22(27-21(2)28)19-20-23(26)29/h22H,3-20H2,1-2H3,(H2,26,29)(H,27,28). The molecule has 1 unspecified atom stereocenters. The third kappa shape index (κ3) is 21.5. The van der Waals surface area contributed by atoms with E-state index in [0.29, 0.717) is 6.42 Å². The van der Waals surface area contributed by atoms with Gasteiger partial charge in [0.2, 0.25) is 11.8 Å². The quantitative estimate of drug-likeness (QED) is 0.138. The highest BCUT2D eigenvalue weighted by molar-refractivity contribution is 5.84. The van der Waals surface area contributed by atoms with Crippen LogP contribution in [-0.2, 0) is 29.0 Å². The van der Waals surface area contributed by atoms with E-state index in [1.807, 2.05) is 0 Å². The molecule has 3 N–H and O–H groups in total. The van der Waals surface area contributed by atoms with E-state index in [4.69, 9.17) is 5.73 Å². The summed E-state index contributed by atoms with van der Waals surface area (Å²) in [5.74, 6) is -2.64. The van der Waals surface area contributed by atoms with E-state index in [0.717, 1.165) is 12.8 Å². The molecular weight excluding hydrogens is 424 g/mol. The Hall–Kier alpha value is -2.12. The lowest BCUT2D eigenvalue weighted by Gasteiger charge is -2.14. The van der Waals surface area contributed by atoms with Crippen molar-refractivity contribution in [2.75, 3.05) is 0 Å². The summed E-state index contributed by atoms with van der Waals surface area (Å²) < 4.78 is 0. The van der Waals surface area contributed by atoms with E-state index in [9.17, 15) is 19.2 Å². The summed E-state index contributed by atoms with van der Waals surface area (Å²) in [6.45, 7) is 3.48. The summed E-state index contributed by atoms with van der Waals surface area (Å²) in [5.41, 5.74) is 5.05. The zero-order chi connectivity index (χ0) is 24.7. The first kappa shape index (κ1) is 30.9. The number of amides is 2. The fourth-order valence-corrected chi connectivity index (χ4v) is 3.61. The molecule has 0 aliphatic carbocycles. The zero-order valence-electron chi connectivity index (χ0n) is 20.8. The van der Waals surface area contributed by atoms with E-state index < -0.39 is 29.8 Å². The van der Waals surface area contributed by atoms with Crippen molar-refractivity contribution >= 4 is 23.8 Å². The van der Waals surface area contributed by atoms with Gasteiger partial charge in [-0.15, -0.1) is 0 Å². The number of unbranched alkanes of at least 4 members (excludes halogenated alkanes) is 14. The Bertz CT molecular complexity index is 553.